The topological polar surface area (TPSA) is 19.0 Å². The van der Waals surface area contributed by atoms with Gasteiger partial charge in [-0.25, -0.2) is 5.01 Å². The summed E-state index contributed by atoms with van der Waals surface area (Å²) in [6.07, 6.45) is 0. The van der Waals surface area contributed by atoms with E-state index >= 15 is 0 Å². The first-order valence-electron chi connectivity index (χ1n) is 5.50. The van der Waals surface area contributed by atoms with Gasteiger partial charge in [-0.1, -0.05) is 24.8 Å². The molecule has 0 aromatic heterocycles. The van der Waals surface area contributed by atoms with Gasteiger partial charge in [0.2, 0.25) is 5.11 Å². The molecule has 0 radical (unpaired) electrons. The van der Waals surface area contributed by atoms with Crippen LogP contribution in [0.15, 0.2) is 42.7 Å². The lowest BCUT2D eigenvalue weighted by Gasteiger charge is -2.32. The number of thiocarbonyl (C=S) groups is 1. The minimum atomic E-state index is 0.501. The Bertz CT molecular complexity index is 438. The number of benzene rings is 1. The van der Waals surface area contributed by atoms with Crippen LogP contribution in [0.5, 0.6) is 0 Å². The zero-order valence-electron chi connectivity index (χ0n) is 9.37. The highest BCUT2D eigenvalue weighted by molar-refractivity contribution is 7.80. The van der Waals surface area contributed by atoms with Gasteiger partial charge < -0.3 is 4.74 Å². The lowest BCUT2D eigenvalue weighted by molar-refractivity contribution is -0.0816. The quantitative estimate of drug-likeness (QED) is 0.702. The first-order valence-corrected chi connectivity index (χ1v) is 5.90. The summed E-state index contributed by atoms with van der Waals surface area (Å²) in [6.45, 7) is 6.12. The number of rotatable bonds is 1. The highest BCUT2D eigenvalue weighted by Gasteiger charge is 2.38. The standard InChI is InChI=1S/C12H13N3OS/c1-10-13-7-8-16-9-14(13)12(17)15(10)11-5-3-2-4-6-11/h2-6H,1,7-9H2. The third-order valence-corrected chi connectivity index (χ3v) is 3.33. The van der Waals surface area contributed by atoms with Crippen LogP contribution in [0.2, 0.25) is 0 Å². The Morgan fingerprint density at radius 2 is 1.94 bits per heavy atom. The van der Waals surface area contributed by atoms with Crippen molar-refractivity contribution in [3.8, 4) is 0 Å². The number of anilines is 1. The summed E-state index contributed by atoms with van der Waals surface area (Å²) in [5.74, 6) is 0.893. The van der Waals surface area contributed by atoms with Crippen LogP contribution in [0.1, 0.15) is 0 Å². The summed E-state index contributed by atoms with van der Waals surface area (Å²) in [5, 5.41) is 4.73. The normalized spacial score (nSPS) is 19.9. The van der Waals surface area contributed by atoms with Crippen molar-refractivity contribution in [1.82, 2.24) is 10.0 Å². The van der Waals surface area contributed by atoms with Crippen molar-refractivity contribution in [2.45, 2.75) is 0 Å². The van der Waals surface area contributed by atoms with Gasteiger partial charge in [0.1, 0.15) is 12.6 Å². The van der Waals surface area contributed by atoms with Crippen molar-refractivity contribution >= 4 is 23.0 Å². The van der Waals surface area contributed by atoms with Crippen molar-refractivity contribution in [1.29, 1.82) is 0 Å². The number of hydrogen-bond donors (Lipinski definition) is 0. The Morgan fingerprint density at radius 3 is 2.65 bits per heavy atom. The molecule has 3 rings (SSSR count). The summed E-state index contributed by atoms with van der Waals surface area (Å²) >= 11 is 5.47. The minimum Gasteiger partial charge on any atom is -0.357 e. The summed E-state index contributed by atoms with van der Waals surface area (Å²) in [6, 6.07) is 10.0. The molecule has 0 spiro atoms. The Kier molecular flexibility index (Phi) is 2.49. The number of para-hydroxylation sites is 1. The number of hydrogen-bond acceptors (Lipinski definition) is 3. The van der Waals surface area contributed by atoms with Gasteiger partial charge in [-0.05, 0) is 24.4 Å². The van der Waals surface area contributed by atoms with E-state index in [9.17, 15) is 0 Å². The van der Waals surface area contributed by atoms with E-state index in [0.29, 0.717) is 13.3 Å². The van der Waals surface area contributed by atoms with Crippen LogP contribution in [0.25, 0.3) is 0 Å². The van der Waals surface area contributed by atoms with Crippen LogP contribution in [0, 0.1) is 0 Å². The highest BCUT2D eigenvalue weighted by Crippen LogP contribution is 2.30. The third kappa shape index (κ3) is 1.59. The molecule has 0 saturated carbocycles. The lowest BCUT2D eigenvalue weighted by Crippen LogP contribution is -2.45. The Balaban J connectivity index is 1.96. The van der Waals surface area contributed by atoms with Crippen molar-refractivity contribution in [2.75, 3.05) is 24.8 Å². The number of nitrogens with zero attached hydrogens (tertiary/aromatic N) is 3. The van der Waals surface area contributed by atoms with Crippen LogP contribution in [-0.4, -0.2) is 35.0 Å². The molecule has 4 nitrogen and oxygen atoms in total. The van der Waals surface area contributed by atoms with Crippen molar-refractivity contribution in [3.63, 3.8) is 0 Å². The molecule has 2 aliphatic rings. The molecule has 0 unspecified atom stereocenters. The van der Waals surface area contributed by atoms with Crippen LogP contribution in [0.3, 0.4) is 0 Å². The first-order chi connectivity index (χ1) is 8.29. The molecular weight excluding hydrogens is 234 g/mol. The van der Waals surface area contributed by atoms with Crippen LogP contribution in [-0.2, 0) is 4.74 Å². The van der Waals surface area contributed by atoms with Crippen molar-refractivity contribution in [2.24, 2.45) is 0 Å². The average molecular weight is 247 g/mol. The van der Waals surface area contributed by atoms with Gasteiger partial charge in [0.05, 0.1) is 13.2 Å². The molecule has 17 heavy (non-hydrogen) atoms. The maximum atomic E-state index is 5.47. The van der Waals surface area contributed by atoms with Crippen LogP contribution < -0.4 is 4.90 Å². The van der Waals surface area contributed by atoms with Crippen LogP contribution >= 0.6 is 12.2 Å². The Hall–Kier alpha value is -1.59. The van der Waals surface area contributed by atoms with Gasteiger partial charge in [-0.2, -0.15) is 0 Å². The fraction of sp³-hybridized carbons (Fsp3) is 0.250. The van der Waals surface area contributed by atoms with E-state index in [1.54, 1.807) is 0 Å². The molecule has 1 aromatic rings. The fourth-order valence-electron chi connectivity index (χ4n) is 2.10. The zero-order valence-corrected chi connectivity index (χ0v) is 10.2. The van der Waals surface area contributed by atoms with Crippen molar-refractivity contribution in [3.05, 3.63) is 42.7 Å². The predicted molar refractivity (Wildman–Crippen MR) is 70.0 cm³/mol. The molecular formula is C12H13N3OS. The van der Waals surface area contributed by atoms with Crippen LogP contribution in [0.4, 0.5) is 5.69 Å². The monoisotopic (exact) mass is 247 g/mol. The third-order valence-electron chi connectivity index (χ3n) is 2.93. The molecule has 5 heteroatoms. The maximum Gasteiger partial charge on any atom is 0.203 e. The minimum absolute atomic E-state index is 0.501. The van der Waals surface area contributed by atoms with Gasteiger partial charge in [0.15, 0.2) is 0 Å². The first kappa shape index (κ1) is 10.6. The summed E-state index contributed by atoms with van der Waals surface area (Å²) in [7, 11) is 0. The van der Waals surface area contributed by atoms with Gasteiger partial charge in [-0.3, -0.25) is 9.91 Å². The van der Waals surface area contributed by atoms with E-state index in [0.717, 1.165) is 23.2 Å². The van der Waals surface area contributed by atoms with Gasteiger partial charge in [0, 0.05) is 5.69 Å². The second kappa shape index (κ2) is 4.01. The van der Waals surface area contributed by atoms with Gasteiger partial charge in [0.25, 0.3) is 0 Å². The van der Waals surface area contributed by atoms with Gasteiger partial charge in [-0.15, -0.1) is 0 Å². The molecule has 0 atom stereocenters. The fourth-order valence-corrected chi connectivity index (χ4v) is 2.46. The molecule has 0 N–H and O–H groups in total. The summed E-state index contributed by atoms with van der Waals surface area (Å²) < 4.78 is 5.42. The van der Waals surface area contributed by atoms with E-state index in [-0.39, 0.29) is 0 Å². The molecule has 2 heterocycles. The number of fused-ring (bicyclic) bond motifs is 1. The Morgan fingerprint density at radius 1 is 1.18 bits per heavy atom. The molecule has 2 aliphatic heterocycles. The van der Waals surface area contributed by atoms with E-state index < -0.39 is 0 Å². The SMILES string of the molecule is C=C1N(c2ccccc2)C(=S)N2COCCN12. The van der Waals surface area contributed by atoms with Crippen molar-refractivity contribution < 1.29 is 4.74 Å². The zero-order chi connectivity index (χ0) is 11.8. The summed E-state index contributed by atoms with van der Waals surface area (Å²) in [4.78, 5) is 1.98. The average Bonchev–Trinajstić information content (AvgIpc) is 2.64. The highest BCUT2D eigenvalue weighted by atomic mass is 32.1. The van der Waals surface area contributed by atoms with Gasteiger partial charge >= 0.3 is 0 Å². The van der Waals surface area contributed by atoms with E-state index in [4.69, 9.17) is 17.0 Å². The second-order valence-corrected chi connectivity index (χ2v) is 4.29. The maximum absolute atomic E-state index is 5.47. The smallest absolute Gasteiger partial charge is 0.203 e. The number of ether oxygens (including phenoxy) is 1. The summed E-state index contributed by atoms with van der Waals surface area (Å²) in [5.41, 5.74) is 1.04. The molecule has 88 valence electrons. The molecule has 0 amide bonds. The lowest BCUT2D eigenvalue weighted by atomic mass is 10.3. The molecule has 2 fully saturated rings. The second-order valence-electron chi connectivity index (χ2n) is 3.93. The predicted octanol–water partition coefficient (Wildman–Crippen LogP) is 1.77. The molecule has 1 aromatic carbocycles. The van der Waals surface area contributed by atoms with E-state index in [1.807, 2.05) is 40.2 Å². The Labute approximate surface area is 106 Å². The molecule has 2 saturated heterocycles. The number of hydrazine groups is 1. The van der Waals surface area contributed by atoms with E-state index in [2.05, 4.69) is 11.6 Å². The molecule has 0 aliphatic carbocycles. The van der Waals surface area contributed by atoms with E-state index in [1.165, 1.54) is 0 Å². The largest absolute Gasteiger partial charge is 0.357 e. The molecule has 0 bridgehead atoms.